The lowest BCUT2D eigenvalue weighted by molar-refractivity contribution is 0.661. The molecule has 0 aliphatic heterocycles. The van der Waals surface area contributed by atoms with Crippen molar-refractivity contribution in [3.63, 3.8) is 0 Å². The molecule has 0 spiro atoms. The first kappa shape index (κ1) is 30.2. The molecule has 4 heteroatoms. The van der Waals surface area contributed by atoms with Crippen molar-refractivity contribution >= 4 is 21.8 Å². The maximum absolute atomic E-state index is 5.07. The van der Waals surface area contributed by atoms with Crippen molar-refractivity contribution in [2.24, 2.45) is 0 Å². The van der Waals surface area contributed by atoms with Crippen molar-refractivity contribution in [1.29, 1.82) is 0 Å². The molecular weight excluding hydrogens is 633 g/mol. The molecule has 246 valence electrons. The Kier molecular flexibility index (Phi) is 6.80. The van der Waals surface area contributed by atoms with Gasteiger partial charge in [0, 0.05) is 44.1 Å². The largest absolute Gasteiger partial charge is 0.309 e. The highest BCUT2D eigenvalue weighted by Crippen LogP contribution is 2.53. The van der Waals surface area contributed by atoms with E-state index in [-0.39, 0.29) is 5.41 Å². The molecule has 10 rings (SSSR count). The first-order chi connectivity index (χ1) is 25.5. The van der Waals surface area contributed by atoms with Gasteiger partial charge in [-0.05, 0) is 52.1 Å². The molecule has 0 N–H and O–H groups in total. The minimum Gasteiger partial charge on any atom is -0.309 e. The monoisotopic (exact) mass is 666 g/mol. The second-order valence-corrected chi connectivity index (χ2v) is 14.1. The van der Waals surface area contributed by atoms with E-state index in [1.54, 1.807) is 0 Å². The van der Waals surface area contributed by atoms with Gasteiger partial charge in [-0.1, -0.05) is 159 Å². The molecule has 0 saturated carbocycles. The van der Waals surface area contributed by atoms with Crippen molar-refractivity contribution in [3.05, 3.63) is 181 Å². The Balaban J connectivity index is 1.24. The fourth-order valence-electron chi connectivity index (χ4n) is 8.09. The summed E-state index contributed by atoms with van der Waals surface area (Å²) >= 11 is 0. The number of nitrogens with zero attached hydrogens (tertiary/aromatic N) is 4. The Bertz CT molecular complexity index is 2740. The molecule has 1 aliphatic rings. The average Bonchev–Trinajstić information content (AvgIpc) is 3.67. The summed E-state index contributed by atoms with van der Waals surface area (Å²) in [4.78, 5) is 15.1. The summed E-state index contributed by atoms with van der Waals surface area (Å²) in [6.45, 7) is 4.69. The molecule has 2 aromatic heterocycles. The Morgan fingerprint density at radius 1 is 0.423 bits per heavy atom. The molecule has 7 aromatic carbocycles. The lowest BCUT2D eigenvalue weighted by atomic mass is 9.82. The van der Waals surface area contributed by atoms with E-state index in [0.29, 0.717) is 17.5 Å². The van der Waals surface area contributed by atoms with Crippen LogP contribution in [0.1, 0.15) is 25.0 Å². The Morgan fingerprint density at radius 2 is 1.00 bits per heavy atom. The van der Waals surface area contributed by atoms with E-state index in [9.17, 15) is 0 Å². The van der Waals surface area contributed by atoms with Crippen LogP contribution in [0.5, 0.6) is 0 Å². The van der Waals surface area contributed by atoms with Crippen LogP contribution >= 0.6 is 0 Å². The van der Waals surface area contributed by atoms with Crippen LogP contribution in [0, 0.1) is 0 Å². The van der Waals surface area contributed by atoms with E-state index in [2.05, 4.69) is 128 Å². The summed E-state index contributed by atoms with van der Waals surface area (Å²) in [6, 6.07) is 60.1. The standard InChI is InChI=1S/C48H34N4/c1-48(2)40-24-13-12-23-38(40)43-41(48)27-26-37-39-30-34(31-15-6-3-7-16-31)25-28-42(39)52(44(37)43)36-22-14-21-35(29-36)47-50-45(32-17-8-4-9-18-32)49-46(51-47)33-19-10-5-11-20-33/h3-30H,1-2H3. The van der Waals surface area contributed by atoms with Crippen LogP contribution in [0.3, 0.4) is 0 Å². The molecule has 1 aliphatic carbocycles. The van der Waals surface area contributed by atoms with E-state index < -0.39 is 0 Å². The highest BCUT2D eigenvalue weighted by Gasteiger charge is 2.37. The molecule has 4 nitrogen and oxygen atoms in total. The van der Waals surface area contributed by atoms with Crippen LogP contribution in [-0.4, -0.2) is 19.5 Å². The summed E-state index contributed by atoms with van der Waals surface area (Å²) < 4.78 is 2.46. The van der Waals surface area contributed by atoms with E-state index in [0.717, 1.165) is 27.9 Å². The first-order valence-electron chi connectivity index (χ1n) is 17.8. The van der Waals surface area contributed by atoms with Gasteiger partial charge in [-0.15, -0.1) is 0 Å². The molecule has 0 bridgehead atoms. The second-order valence-electron chi connectivity index (χ2n) is 14.1. The number of rotatable bonds is 5. The SMILES string of the molecule is CC1(C)c2ccccc2-c2c1ccc1c3cc(-c4ccccc4)ccc3n(-c3cccc(-c4nc(-c5ccccc5)nc(-c5ccccc5)n4)c3)c21. The summed E-state index contributed by atoms with van der Waals surface area (Å²) in [7, 11) is 0. The van der Waals surface area contributed by atoms with Crippen LogP contribution in [-0.2, 0) is 5.41 Å². The zero-order chi connectivity index (χ0) is 34.8. The van der Waals surface area contributed by atoms with Crippen molar-refractivity contribution in [3.8, 4) is 62.1 Å². The van der Waals surface area contributed by atoms with Gasteiger partial charge in [-0.3, -0.25) is 0 Å². The predicted molar refractivity (Wildman–Crippen MR) is 213 cm³/mol. The highest BCUT2D eigenvalue weighted by molar-refractivity contribution is 6.16. The van der Waals surface area contributed by atoms with Gasteiger partial charge in [0.05, 0.1) is 11.0 Å². The molecule has 2 heterocycles. The maximum Gasteiger partial charge on any atom is 0.164 e. The number of fused-ring (bicyclic) bond motifs is 7. The zero-order valence-electron chi connectivity index (χ0n) is 29.0. The summed E-state index contributed by atoms with van der Waals surface area (Å²) in [5.41, 5.74) is 13.9. The molecule has 0 amide bonds. The van der Waals surface area contributed by atoms with Gasteiger partial charge in [-0.25, -0.2) is 15.0 Å². The van der Waals surface area contributed by atoms with Gasteiger partial charge in [0.25, 0.3) is 0 Å². The summed E-state index contributed by atoms with van der Waals surface area (Å²) in [5.74, 6) is 1.94. The summed E-state index contributed by atoms with van der Waals surface area (Å²) in [5, 5.41) is 2.46. The van der Waals surface area contributed by atoms with Gasteiger partial charge in [0.1, 0.15) is 0 Å². The lowest BCUT2D eigenvalue weighted by Crippen LogP contribution is -2.14. The number of hydrogen-bond acceptors (Lipinski definition) is 3. The second kappa shape index (κ2) is 11.7. The van der Waals surface area contributed by atoms with Crippen LogP contribution in [0.25, 0.3) is 83.9 Å². The number of aromatic nitrogens is 4. The van der Waals surface area contributed by atoms with Gasteiger partial charge >= 0.3 is 0 Å². The Labute approximate surface area is 302 Å². The maximum atomic E-state index is 5.07. The quantitative estimate of drug-likeness (QED) is 0.184. The molecule has 0 radical (unpaired) electrons. The van der Waals surface area contributed by atoms with Crippen molar-refractivity contribution in [2.75, 3.05) is 0 Å². The number of benzene rings is 7. The third-order valence-corrected chi connectivity index (χ3v) is 10.6. The molecule has 0 fully saturated rings. The Morgan fingerprint density at radius 3 is 1.67 bits per heavy atom. The lowest BCUT2D eigenvalue weighted by Gasteiger charge is -2.21. The normalized spacial score (nSPS) is 13.0. The fraction of sp³-hybridized carbons (Fsp3) is 0.0625. The van der Waals surface area contributed by atoms with Crippen LogP contribution < -0.4 is 0 Å². The third-order valence-electron chi connectivity index (χ3n) is 10.6. The van der Waals surface area contributed by atoms with Crippen LogP contribution in [0.4, 0.5) is 0 Å². The van der Waals surface area contributed by atoms with Crippen molar-refractivity contribution < 1.29 is 0 Å². The Hall–Kier alpha value is -6.65. The third kappa shape index (κ3) is 4.72. The average molecular weight is 667 g/mol. The van der Waals surface area contributed by atoms with Gasteiger partial charge in [0.15, 0.2) is 17.5 Å². The number of hydrogen-bond donors (Lipinski definition) is 0. The van der Waals surface area contributed by atoms with Crippen molar-refractivity contribution in [2.45, 2.75) is 19.3 Å². The van der Waals surface area contributed by atoms with Crippen molar-refractivity contribution in [1.82, 2.24) is 19.5 Å². The van der Waals surface area contributed by atoms with Gasteiger partial charge in [-0.2, -0.15) is 0 Å². The van der Waals surface area contributed by atoms with E-state index in [1.807, 2.05) is 60.7 Å². The first-order valence-corrected chi connectivity index (χ1v) is 17.8. The highest BCUT2D eigenvalue weighted by atomic mass is 15.0. The van der Waals surface area contributed by atoms with E-state index in [1.165, 1.54) is 49.7 Å². The van der Waals surface area contributed by atoms with Crippen LogP contribution in [0.2, 0.25) is 0 Å². The summed E-state index contributed by atoms with van der Waals surface area (Å²) in [6.07, 6.45) is 0. The molecule has 52 heavy (non-hydrogen) atoms. The predicted octanol–water partition coefficient (Wildman–Crippen LogP) is 11.9. The van der Waals surface area contributed by atoms with E-state index in [4.69, 9.17) is 15.0 Å². The molecule has 0 saturated heterocycles. The fourth-order valence-corrected chi connectivity index (χ4v) is 8.09. The topological polar surface area (TPSA) is 43.6 Å². The minimum atomic E-state index is -0.120. The van der Waals surface area contributed by atoms with Gasteiger partial charge < -0.3 is 4.57 Å². The van der Waals surface area contributed by atoms with Gasteiger partial charge in [0.2, 0.25) is 0 Å². The van der Waals surface area contributed by atoms with Crippen LogP contribution in [0.15, 0.2) is 170 Å². The minimum absolute atomic E-state index is 0.120. The zero-order valence-corrected chi connectivity index (χ0v) is 29.0. The van der Waals surface area contributed by atoms with E-state index >= 15 is 0 Å². The molecule has 0 unspecified atom stereocenters. The molecule has 9 aromatic rings. The smallest absolute Gasteiger partial charge is 0.164 e. The molecule has 0 atom stereocenters. The molecular formula is C48H34N4.